The Morgan fingerprint density at radius 2 is 1.81 bits per heavy atom. The maximum absolute atomic E-state index is 12.1. The number of anilines is 1. The Morgan fingerprint density at radius 3 is 2.57 bits per heavy atom. The van der Waals surface area contributed by atoms with Crippen molar-refractivity contribution in [2.45, 2.75) is 0 Å². The number of fused-ring (bicyclic) bond motifs is 1. The van der Waals surface area contributed by atoms with Crippen LogP contribution in [0, 0.1) is 0 Å². The van der Waals surface area contributed by atoms with Gasteiger partial charge in [0.2, 0.25) is 0 Å². The number of rotatable bonds is 4. The van der Waals surface area contributed by atoms with E-state index in [1.165, 1.54) is 0 Å². The molecular formula is C17H15FN2O. The Morgan fingerprint density at radius 1 is 1.00 bits per heavy atom. The average Bonchev–Trinajstić information content (AvgIpc) is 2.53. The first-order valence-electron chi connectivity index (χ1n) is 6.72. The van der Waals surface area contributed by atoms with Crippen molar-refractivity contribution in [2.75, 3.05) is 19.0 Å². The first kappa shape index (κ1) is 13.4. The van der Waals surface area contributed by atoms with Gasteiger partial charge in [-0.25, -0.2) is 9.37 Å². The van der Waals surface area contributed by atoms with Crippen LogP contribution in [0.2, 0.25) is 0 Å². The predicted octanol–water partition coefficient (Wildman–Crippen LogP) is 3.83. The van der Waals surface area contributed by atoms with Gasteiger partial charge in [0.15, 0.2) is 0 Å². The lowest BCUT2D eigenvalue weighted by molar-refractivity contribution is 0.273. The molecule has 0 saturated carbocycles. The number of ether oxygens (including phenoxy) is 1. The molecule has 4 heteroatoms. The van der Waals surface area contributed by atoms with Crippen LogP contribution in [0.5, 0.6) is 5.75 Å². The van der Waals surface area contributed by atoms with Crippen molar-refractivity contribution in [3.8, 4) is 17.0 Å². The number of hydrogen-bond donors (Lipinski definition) is 1. The zero-order valence-electron chi connectivity index (χ0n) is 11.4. The molecule has 0 bridgehead atoms. The molecular weight excluding hydrogens is 266 g/mol. The topological polar surface area (TPSA) is 48.1 Å². The van der Waals surface area contributed by atoms with Crippen molar-refractivity contribution in [3.05, 3.63) is 54.6 Å². The summed E-state index contributed by atoms with van der Waals surface area (Å²) >= 11 is 0. The number of halogens is 1. The van der Waals surface area contributed by atoms with E-state index in [4.69, 9.17) is 10.5 Å². The standard InChI is InChI=1S/C17H15FN2O/c18-9-10-21-15-6-8-17-13(11-15)3-7-16(20-17)12-1-4-14(19)5-2-12/h1-8,11H,9-10,19H2/i18-1. The largest absolute Gasteiger partial charge is 0.491 e. The first-order valence-corrected chi connectivity index (χ1v) is 6.72. The summed E-state index contributed by atoms with van der Waals surface area (Å²) in [5.74, 6) is 0.655. The van der Waals surface area contributed by atoms with Crippen molar-refractivity contribution < 1.29 is 9.13 Å². The third-order valence-corrected chi connectivity index (χ3v) is 3.21. The molecule has 0 saturated heterocycles. The second-order valence-electron chi connectivity index (χ2n) is 4.71. The van der Waals surface area contributed by atoms with E-state index >= 15 is 0 Å². The van der Waals surface area contributed by atoms with E-state index < -0.39 is 6.67 Å². The molecule has 0 aliphatic heterocycles. The summed E-state index contributed by atoms with van der Waals surface area (Å²) in [6, 6.07) is 17.1. The summed E-state index contributed by atoms with van der Waals surface area (Å²) in [5.41, 5.74) is 9.20. The van der Waals surface area contributed by atoms with Crippen LogP contribution < -0.4 is 10.5 Å². The number of nitrogens with zero attached hydrogens (tertiary/aromatic N) is 1. The van der Waals surface area contributed by atoms with Crippen LogP contribution in [0.4, 0.5) is 10.1 Å². The molecule has 0 spiro atoms. The zero-order chi connectivity index (χ0) is 14.7. The van der Waals surface area contributed by atoms with E-state index in [0.29, 0.717) is 5.75 Å². The number of hydrogen-bond acceptors (Lipinski definition) is 3. The zero-order valence-corrected chi connectivity index (χ0v) is 11.4. The molecule has 2 N–H and O–H groups in total. The van der Waals surface area contributed by atoms with Crippen molar-refractivity contribution >= 4 is 16.6 Å². The Hall–Kier alpha value is -2.62. The highest BCUT2D eigenvalue weighted by atomic mass is 18.2. The van der Waals surface area contributed by atoms with E-state index in [-0.39, 0.29) is 6.61 Å². The SMILES string of the molecule is Nc1ccc(-c2ccc3cc(OCC[18F])ccc3n2)cc1. The smallest absolute Gasteiger partial charge is 0.123 e. The van der Waals surface area contributed by atoms with Crippen molar-refractivity contribution in [2.24, 2.45) is 0 Å². The molecule has 21 heavy (non-hydrogen) atoms. The normalized spacial score (nSPS) is 10.7. The Labute approximate surface area is 122 Å². The summed E-state index contributed by atoms with van der Waals surface area (Å²) in [6.07, 6.45) is 0. The van der Waals surface area contributed by atoms with Crippen molar-refractivity contribution in [1.29, 1.82) is 0 Å². The highest BCUT2D eigenvalue weighted by molar-refractivity contribution is 5.83. The summed E-state index contributed by atoms with van der Waals surface area (Å²) in [6.45, 7) is -0.422. The Kier molecular flexibility index (Phi) is 3.69. The monoisotopic (exact) mass is 281 g/mol. The molecule has 0 aliphatic rings. The minimum atomic E-state index is -0.494. The average molecular weight is 281 g/mol. The van der Waals surface area contributed by atoms with Gasteiger partial charge < -0.3 is 10.5 Å². The quantitative estimate of drug-likeness (QED) is 0.739. The van der Waals surface area contributed by atoms with E-state index in [2.05, 4.69) is 4.98 Å². The molecule has 3 rings (SSSR count). The molecule has 2 aromatic carbocycles. The van der Waals surface area contributed by atoms with Crippen LogP contribution in [-0.4, -0.2) is 18.3 Å². The number of pyridine rings is 1. The number of nitrogens with two attached hydrogens (primary N) is 1. The van der Waals surface area contributed by atoms with E-state index in [0.717, 1.165) is 27.8 Å². The summed E-state index contributed by atoms with van der Waals surface area (Å²) in [7, 11) is 0. The molecule has 106 valence electrons. The number of aromatic nitrogens is 1. The highest BCUT2D eigenvalue weighted by Crippen LogP contribution is 2.24. The second-order valence-corrected chi connectivity index (χ2v) is 4.71. The molecule has 0 radical (unpaired) electrons. The fourth-order valence-corrected chi connectivity index (χ4v) is 2.16. The molecule has 0 aliphatic carbocycles. The van der Waals surface area contributed by atoms with Crippen LogP contribution in [0.15, 0.2) is 54.6 Å². The summed E-state index contributed by atoms with van der Waals surface area (Å²) in [4.78, 5) is 4.63. The molecule has 3 aromatic rings. The van der Waals surface area contributed by atoms with Crippen molar-refractivity contribution in [1.82, 2.24) is 4.98 Å². The summed E-state index contributed by atoms with van der Waals surface area (Å²) in [5, 5.41) is 0.963. The van der Waals surface area contributed by atoms with Gasteiger partial charge in [0.25, 0.3) is 0 Å². The lowest BCUT2D eigenvalue weighted by Gasteiger charge is -2.07. The number of nitrogen functional groups attached to an aromatic ring is 1. The van der Waals surface area contributed by atoms with E-state index in [9.17, 15) is 4.39 Å². The maximum atomic E-state index is 12.1. The fourth-order valence-electron chi connectivity index (χ4n) is 2.16. The van der Waals surface area contributed by atoms with Gasteiger partial charge >= 0.3 is 0 Å². The van der Waals surface area contributed by atoms with Crippen LogP contribution in [0.25, 0.3) is 22.2 Å². The predicted molar refractivity (Wildman–Crippen MR) is 83.1 cm³/mol. The Balaban J connectivity index is 1.95. The van der Waals surface area contributed by atoms with Gasteiger partial charge in [0, 0.05) is 16.6 Å². The van der Waals surface area contributed by atoms with Gasteiger partial charge in [-0.15, -0.1) is 0 Å². The van der Waals surface area contributed by atoms with Crippen LogP contribution in [0.1, 0.15) is 0 Å². The second kappa shape index (κ2) is 5.79. The lowest BCUT2D eigenvalue weighted by atomic mass is 10.1. The maximum Gasteiger partial charge on any atom is 0.123 e. The lowest BCUT2D eigenvalue weighted by Crippen LogP contribution is -1.98. The number of benzene rings is 2. The molecule has 3 nitrogen and oxygen atoms in total. The molecule has 0 unspecified atom stereocenters. The van der Waals surface area contributed by atoms with E-state index in [1.807, 2.05) is 48.5 Å². The fraction of sp³-hybridized carbons (Fsp3) is 0.118. The third-order valence-electron chi connectivity index (χ3n) is 3.21. The minimum absolute atomic E-state index is 0.0719. The summed E-state index contributed by atoms with van der Waals surface area (Å²) < 4.78 is 17.4. The van der Waals surface area contributed by atoms with Crippen LogP contribution in [-0.2, 0) is 0 Å². The van der Waals surface area contributed by atoms with Gasteiger partial charge in [-0.05, 0) is 36.4 Å². The third kappa shape index (κ3) is 2.94. The molecule has 0 fully saturated rings. The van der Waals surface area contributed by atoms with Gasteiger partial charge in [0.05, 0.1) is 11.2 Å². The molecule has 1 heterocycles. The first-order chi connectivity index (χ1) is 10.3. The van der Waals surface area contributed by atoms with Crippen LogP contribution >= 0.6 is 0 Å². The van der Waals surface area contributed by atoms with E-state index in [1.54, 1.807) is 6.07 Å². The van der Waals surface area contributed by atoms with Gasteiger partial charge in [-0.2, -0.15) is 0 Å². The van der Waals surface area contributed by atoms with Gasteiger partial charge in [-0.3, -0.25) is 0 Å². The van der Waals surface area contributed by atoms with Gasteiger partial charge in [-0.1, -0.05) is 18.2 Å². The highest BCUT2D eigenvalue weighted by Gasteiger charge is 2.03. The van der Waals surface area contributed by atoms with Crippen LogP contribution in [0.3, 0.4) is 0 Å². The molecule has 1 aromatic heterocycles. The minimum Gasteiger partial charge on any atom is -0.491 e. The molecule has 0 amide bonds. The van der Waals surface area contributed by atoms with Crippen molar-refractivity contribution in [3.63, 3.8) is 0 Å². The van der Waals surface area contributed by atoms with Gasteiger partial charge in [0.1, 0.15) is 19.0 Å². The number of alkyl halides is 1. The Bertz CT molecular complexity index is 756. The molecule has 0 atom stereocenters.